The number of hydrogen-bond donors (Lipinski definition) is 0. The summed E-state index contributed by atoms with van der Waals surface area (Å²) in [4.78, 5) is 0. The van der Waals surface area contributed by atoms with Gasteiger partial charge in [0.05, 0.1) is 0 Å². The third kappa shape index (κ3) is 1.78. The first kappa shape index (κ1) is 13.6. The summed E-state index contributed by atoms with van der Waals surface area (Å²) in [6.07, 6.45) is 15.5. The van der Waals surface area contributed by atoms with Gasteiger partial charge in [-0.1, -0.05) is 33.6 Å². The molecular weight excluding hydrogens is 240 g/mol. The van der Waals surface area contributed by atoms with Gasteiger partial charge < -0.3 is 0 Å². The Morgan fingerprint density at radius 3 is 2.50 bits per heavy atom. The first-order valence-corrected chi connectivity index (χ1v) is 9.53. The molecule has 114 valence electrons. The minimum Gasteiger partial charge on any atom is -0.0625 e. The van der Waals surface area contributed by atoms with E-state index in [2.05, 4.69) is 20.8 Å². The quantitative estimate of drug-likeness (QED) is 0.504. The van der Waals surface area contributed by atoms with E-state index in [0.717, 1.165) is 40.4 Å². The summed E-state index contributed by atoms with van der Waals surface area (Å²) < 4.78 is 0. The van der Waals surface area contributed by atoms with Crippen molar-refractivity contribution in [3.05, 3.63) is 0 Å². The highest BCUT2D eigenvalue weighted by Gasteiger charge is 2.57. The van der Waals surface area contributed by atoms with Crippen LogP contribution in [0.2, 0.25) is 0 Å². The minimum absolute atomic E-state index is 0.722. The van der Waals surface area contributed by atoms with Crippen molar-refractivity contribution in [3.63, 3.8) is 0 Å². The van der Waals surface area contributed by atoms with Crippen LogP contribution >= 0.6 is 0 Å². The molecule has 0 heterocycles. The smallest absolute Gasteiger partial charge is 0.0266 e. The Morgan fingerprint density at radius 2 is 1.65 bits per heavy atom. The van der Waals surface area contributed by atoms with Crippen LogP contribution in [-0.4, -0.2) is 0 Å². The highest BCUT2D eigenvalue weighted by Crippen LogP contribution is 2.66. The van der Waals surface area contributed by atoms with Gasteiger partial charge in [-0.05, 0) is 91.8 Å². The Hall–Kier alpha value is 0. The molecule has 0 N–H and O–H groups in total. The minimum atomic E-state index is 0.722. The zero-order valence-corrected chi connectivity index (χ0v) is 14.0. The van der Waals surface area contributed by atoms with Gasteiger partial charge >= 0.3 is 0 Å². The van der Waals surface area contributed by atoms with Crippen molar-refractivity contribution in [1.82, 2.24) is 0 Å². The molecule has 0 aromatic heterocycles. The standard InChI is InChI=1S/C20H34/c1-14-8-12-20(3)15(13-14)6-7-16-17-5-4-10-19(17,2)11-9-18(16)20/h14-18H,4-13H2,1-3H3/t14-,15?,16?,17?,18?,19-,20-/m0/s1. The van der Waals surface area contributed by atoms with Gasteiger partial charge in [0, 0.05) is 0 Å². The van der Waals surface area contributed by atoms with Gasteiger partial charge in [0.25, 0.3) is 0 Å². The predicted octanol–water partition coefficient (Wildman–Crippen LogP) is 6.06. The fourth-order valence-corrected chi connectivity index (χ4v) is 7.47. The van der Waals surface area contributed by atoms with E-state index in [9.17, 15) is 0 Å². The highest BCUT2D eigenvalue weighted by atomic mass is 14.6. The summed E-state index contributed by atoms with van der Waals surface area (Å²) in [6.45, 7) is 7.84. The van der Waals surface area contributed by atoms with Crippen molar-refractivity contribution in [2.75, 3.05) is 0 Å². The molecule has 0 radical (unpaired) electrons. The zero-order valence-electron chi connectivity index (χ0n) is 14.0. The van der Waals surface area contributed by atoms with E-state index in [1.807, 2.05) is 0 Å². The summed E-state index contributed by atoms with van der Waals surface area (Å²) >= 11 is 0. The van der Waals surface area contributed by atoms with Crippen molar-refractivity contribution in [2.24, 2.45) is 40.4 Å². The van der Waals surface area contributed by atoms with Gasteiger partial charge in [0.15, 0.2) is 0 Å². The average Bonchev–Trinajstić information content (AvgIpc) is 2.81. The van der Waals surface area contributed by atoms with Crippen LogP contribution in [0.4, 0.5) is 0 Å². The van der Waals surface area contributed by atoms with Crippen molar-refractivity contribution in [2.45, 2.75) is 85.0 Å². The molecule has 0 saturated heterocycles. The fourth-order valence-electron chi connectivity index (χ4n) is 7.47. The second-order valence-corrected chi connectivity index (χ2v) is 9.62. The van der Waals surface area contributed by atoms with Gasteiger partial charge in [-0.25, -0.2) is 0 Å². The first-order valence-electron chi connectivity index (χ1n) is 9.53. The van der Waals surface area contributed by atoms with Crippen LogP contribution < -0.4 is 0 Å². The molecule has 0 spiro atoms. The van der Waals surface area contributed by atoms with Crippen molar-refractivity contribution in [1.29, 1.82) is 0 Å². The molecule has 0 aliphatic heterocycles. The predicted molar refractivity (Wildman–Crippen MR) is 85.5 cm³/mol. The maximum Gasteiger partial charge on any atom is -0.0266 e. The summed E-state index contributed by atoms with van der Waals surface area (Å²) in [5, 5.41) is 0. The van der Waals surface area contributed by atoms with E-state index in [-0.39, 0.29) is 0 Å². The SMILES string of the molecule is C[C@H]1CC[C@@]2(C)C(CCC3C4CCC[C@@]4(C)CCC32)C1. The molecule has 0 aromatic carbocycles. The third-order valence-electron chi connectivity index (χ3n) is 8.71. The fraction of sp³-hybridized carbons (Fsp3) is 1.00. The Balaban J connectivity index is 1.62. The Morgan fingerprint density at radius 1 is 0.800 bits per heavy atom. The zero-order chi connectivity index (χ0) is 14.0. The normalized spacial score (nSPS) is 58.6. The third-order valence-corrected chi connectivity index (χ3v) is 8.71. The lowest BCUT2D eigenvalue weighted by Crippen LogP contribution is -2.52. The topological polar surface area (TPSA) is 0 Å². The van der Waals surface area contributed by atoms with Crippen LogP contribution in [0.3, 0.4) is 0 Å². The van der Waals surface area contributed by atoms with Crippen LogP contribution in [0.25, 0.3) is 0 Å². The molecule has 0 bridgehead atoms. The molecule has 4 fully saturated rings. The van der Waals surface area contributed by atoms with Gasteiger partial charge in [-0.15, -0.1) is 0 Å². The lowest BCUT2D eigenvalue weighted by molar-refractivity contribution is -0.110. The molecule has 20 heavy (non-hydrogen) atoms. The van der Waals surface area contributed by atoms with E-state index in [1.165, 1.54) is 19.3 Å². The molecule has 4 aliphatic carbocycles. The second kappa shape index (κ2) is 4.50. The van der Waals surface area contributed by atoms with Gasteiger partial charge in [0.2, 0.25) is 0 Å². The van der Waals surface area contributed by atoms with Crippen LogP contribution in [-0.2, 0) is 0 Å². The molecule has 4 unspecified atom stereocenters. The van der Waals surface area contributed by atoms with E-state index in [4.69, 9.17) is 0 Å². The molecule has 0 heteroatoms. The molecule has 4 saturated carbocycles. The van der Waals surface area contributed by atoms with Crippen molar-refractivity contribution in [3.8, 4) is 0 Å². The van der Waals surface area contributed by atoms with Crippen LogP contribution in [0.15, 0.2) is 0 Å². The van der Waals surface area contributed by atoms with Gasteiger partial charge in [0.1, 0.15) is 0 Å². The summed E-state index contributed by atoms with van der Waals surface area (Å²) in [7, 11) is 0. The lowest BCUT2D eigenvalue weighted by Gasteiger charge is -2.60. The first-order chi connectivity index (χ1) is 9.53. The average molecular weight is 274 g/mol. The molecule has 4 aliphatic rings. The van der Waals surface area contributed by atoms with Gasteiger partial charge in [-0.2, -0.15) is 0 Å². The second-order valence-electron chi connectivity index (χ2n) is 9.62. The Bertz CT molecular complexity index is 385. The van der Waals surface area contributed by atoms with E-state index >= 15 is 0 Å². The van der Waals surface area contributed by atoms with Gasteiger partial charge in [-0.3, -0.25) is 0 Å². The maximum atomic E-state index is 2.71. The van der Waals surface area contributed by atoms with Crippen molar-refractivity contribution >= 4 is 0 Å². The molecule has 0 nitrogen and oxygen atoms in total. The number of rotatable bonds is 0. The van der Waals surface area contributed by atoms with E-state index in [0.29, 0.717) is 0 Å². The Kier molecular flexibility index (Phi) is 3.07. The number of fused-ring (bicyclic) bond motifs is 5. The molecule has 0 amide bonds. The van der Waals surface area contributed by atoms with E-state index < -0.39 is 0 Å². The summed E-state index contributed by atoms with van der Waals surface area (Å²) in [5.74, 6) is 5.36. The lowest BCUT2D eigenvalue weighted by atomic mass is 9.45. The molecule has 0 aromatic rings. The number of hydrogen-bond acceptors (Lipinski definition) is 0. The van der Waals surface area contributed by atoms with Crippen molar-refractivity contribution < 1.29 is 0 Å². The maximum absolute atomic E-state index is 2.71. The van der Waals surface area contributed by atoms with Crippen LogP contribution in [0.1, 0.15) is 85.0 Å². The largest absolute Gasteiger partial charge is 0.0625 e. The molecular formula is C20H34. The monoisotopic (exact) mass is 274 g/mol. The molecule has 4 rings (SSSR count). The van der Waals surface area contributed by atoms with Crippen LogP contribution in [0.5, 0.6) is 0 Å². The Labute approximate surface area is 126 Å². The summed E-state index contributed by atoms with van der Waals surface area (Å²) in [6, 6.07) is 0. The molecule has 7 atom stereocenters. The highest BCUT2D eigenvalue weighted by molar-refractivity contribution is 5.07. The van der Waals surface area contributed by atoms with Crippen LogP contribution in [0, 0.1) is 40.4 Å². The summed E-state index contributed by atoms with van der Waals surface area (Å²) in [5.41, 5.74) is 1.46. The van der Waals surface area contributed by atoms with E-state index in [1.54, 1.807) is 44.9 Å².